The van der Waals surface area contributed by atoms with Gasteiger partial charge in [-0.1, -0.05) is 36.4 Å². The molecule has 1 aromatic carbocycles. The number of hydrogen-bond donors (Lipinski definition) is 3. The molecule has 0 saturated carbocycles. The third kappa shape index (κ3) is 7.18. The van der Waals surface area contributed by atoms with Gasteiger partial charge in [-0.15, -0.1) is 10.2 Å². The minimum Gasteiger partial charge on any atom is -0.443 e. The average Bonchev–Trinajstić information content (AvgIpc) is 3.26. The molecule has 3 aromatic rings. The molecule has 0 aliphatic rings. The van der Waals surface area contributed by atoms with Gasteiger partial charge in [0, 0.05) is 18.6 Å². The standard InChI is InChI=1S/C24H31N7O4S/c1-24(2,26)22(33)27-18(15-36-14-16-8-5-4-6-9-16)21-29-28-20-11-7-10-17(31(20)21)13-35-23(34)30(3)12-19(25)32/h4-11,18H,12-15,26H2,1-3H3,(H2,25,32)(H,27,33)/t18-/m1/s1. The van der Waals surface area contributed by atoms with E-state index in [4.69, 9.17) is 16.2 Å². The highest BCUT2D eigenvalue weighted by atomic mass is 32.2. The van der Waals surface area contributed by atoms with Gasteiger partial charge in [-0.3, -0.25) is 14.0 Å². The lowest BCUT2D eigenvalue weighted by Gasteiger charge is -2.24. The molecule has 0 aliphatic heterocycles. The Labute approximate surface area is 213 Å². The van der Waals surface area contributed by atoms with E-state index in [0.717, 1.165) is 16.2 Å². The van der Waals surface area contributed by atoms with Crippen molar-refractivity contribution < 1.29 is 19.1 Å². The van der Waals surface area contributed by atoms with E-state index in [-0.39, 0.29) is 19.1 Å². The lowest BCUT2D eigenvalue weighted by Crippen LogP contribution is -2.50. The Morgan fingerprint density at radius 1 is 1.14 bits per heavy atom. The van der Waals surface area contributed by atoms with Crippen LogP contribution in [0.3, 0.4) is 0 Å². The van der Waals surface area contributed by atoms with Crippen LogP contribution in [0.15, 0.2) is 48.5 Å². The number of fused-ring (bicyclic) bond motifs is 1. The first-order valence-corrected chi connectivity index (χ1v) is 12.4. The normalized spacial score (nSPS) is 12.2. The Kier molecular flexibility index (Phi) is 8.88. The van der Waals surface area contributed by atoms with Crippen LogP contribution >= 0.6 is 11.8 Å². The summed E-state index contributed by atoms with van der Waals surface area (Å²) in [4.78, 5) is 37.2. The van der Waals surface area contributed by atoms with Crippen molar-refractivity contribution in [2.45, 2.75) is 37.8 Å². The van der Waals surface area contributed by atoms with Crippen LogP contribution in [0, 0.1) is 0 Å². The van der Waals surface area contributed by atoms with Gasteiger partial charge in [-0.25, -0.2) is 4.79 Å². The Morgan fingerprint density at radius 3 is 2.53 bits per heavy atom. The van der Waals surface area contributed by atoms with Crippen molar-refractivity contribution in [3.63, 3.8) is 0 Å². The van der Waals surface area contributed by atoms with Gasteiger partial charge in [0.05, 0.1) is 17.3 Å². The van der Waals surface area contributed by atoms with E-state index in [1.807, 2.05) is 30.3 Å². The third-order valence-electron chi connectivity index (χ3n) is 5.18. The van der Waals surface area contributed by atoms with Crippen LogP contribution in [0.25, 0.3) is 5.65 Å². The second-order valence-corrected chi connectivity index (χ2v) is 9.92. The Morgan fingerprint density at radius 2 is 1.86 bits per heavy atom. The van der Waals surface area contributed by atoms with Crippen LogP contribution in [-0.2, 0) is 26.7 Å². The number of amides is 3. The summed E-state index contributed by atoms with van der Waals surface area (Å²) in [7, 11) is 1.42. The number of carbonyl (C=O) groups excluding carboxylic acids is 3. The Bertz CT molecular complexity index is 1210. The Balaban J connectivity index is 1.85. The summed E-state index contributed by atoms with van der Waals surface area (Å²) in [6, 6.07) is 14.8. The van der Waals surface area contributed by atoms with Gasteiger partial charge in [0.25, 0.3) is 0 Å². The lowest BCUT2D eigenvalue weighted by atomic mass is 10.1. The van der Waals surface area contributed by atoms with E-state index in [1.165, 1.54) is 7.05 Å². The fraction of sp³-hybridized carbons (Fsp3) is 0.375. The molecule has 36 heavy (non-hydrogen) atoms. The van der Waals surface area contributed by atoms with Crippen LogP contribution in [0.5, 0.6) is 0 Å². The van der Waals surface area contributed by atoms with Crippen molar-refractivity contribution >= 4 is 35.3 Å². The molecule has 1 atom stereocenters. The SMILES string of the molecule is CN(CC(N)=O)C(=O)OCc1cccc2nnc([C@@H](CSCc3ccccc3)NC(=O)C(C)(C)N)n12. The smallest absolute Gasteiger partial charge is 0.410 e. The molecule has 3 rings (SSSR count). The number of benzene rings is 1. The van der Waals surface area contributed by atoms with Gasteiger partial charge in [-0.05, 0) is 31.5 Å². The minimum atomic E-state index is -1.09. The van der Waals surface area contributed by atoms with E-state index in [1.54, 1.807) is 48.2 Å². The van der Waals surface area contributed by atoms with E-state index < -0.39 is 23.6 Å². The number of primary amides is 1. The van der Waals surface area contributed by atoms with Gasteiger partial charge in [-0.2, -0.15) is 11.8 Å². The number of thioether (sulfide) groups is 1. The number of nitrogens with two attached hydrogens (primary N) is 2. The molecule has 0 fully saturated rings. The third-order valence-corrected chi connectivity index (χ3v) is 6.29. The number of nitrogens with one attached hydrogen (secondary N) is 1. The van der Waals surface area contributed by atoms with Gasteiger partial charge in [0.1, 0.15) is 13.2 Å². The first-order valence-electron chi connectivity index (χ1n) is 11.3. The number of carbonyl (C=O) groups is 3. The fourth-order valence-electron chi connectivity index (χ4n) is 3.31. The van der Waals surface area contributed by atoms with Gasteiger partial charge < -0.3 is 26.4 Å². The largest absolute Gasteiger partial charge is 0.443 e. The molecule has 192 valence electrons. The molecule has 0 saturated heterocycles. The number of hydrogen-bond acceptors (Lipinski definition) is 8. The lowest BCUT2D eigenvalue weighted by molar-refractivity contribution is -0.126. The van der Waals surface area contributed by atoms with E-state index in [0.29, 0.717) is 22.9 Å². The summed E-state index contributed by atoms with van der Waals surface area (Å²) in [6.45, 7) is 2.89. The van der Waals surface area contributed by atoms with Crippen LogP contribution in [0.1, 0.15) is 37.0 Å². The van der Waals surface area contributed by atoms with Gasteiger partial charge >= 0.3 is 6.09 Å². The number of aromatic nitrogens is 3. The number of pyridine rings is 1. The molecule has 0 radical (unpaired) electrons. The molecule has 0 aliphatic carbocycles. The Hall–Kier alpha value is -3.64. The van der Waals surface area contributed by atoms with Crippen molar-refractivity contribution in [1.82, 2.24) is 24.8 Å². The molecule has 3 amide bonds. The summed E-state index contributed by atoms with van der Waals surface area (Å²) in [6.07, 6.45) is -0.700. The van der Waals surface area contributed by atoms with E-state index >= 15 is 0 Å². The van der Waals surface area contributed by atoms with Crippen molar-refractivity contribution in [2.75, 3.05) is 19.3 Å². The highest BCUT2D eigenvalue weighted by Crippen LogP contribution is 2.23. The van der Waals surface area contributed by atoms with Crippen LogP contribution in [-0.4, -0.2) is 62.3 Å². The number of likely N-dealkylation sites (N-methyl/N-ethyl adjacent to an activating group) is 1. The van der Waals surface area contributed by atoms with Crippen molar-refractivity contribution in [1.29, 1.82) is 0 Å². The predicted octanol–water partition coefficient (Wildman–Crippen LogP) is 1.61. The first kappa shape index (κ1) is 27.0. The van der Waals surface area contributed by atoms with Crippen LogP contribution in [0.2, 0.25) is 0 Å². The van der Waals surface area contributed by atoms with E-state index in [9.17, 15) is 14.4 Å². The average molecular weight is 514 g/mol. The number of ether oxygens (including phenoxy) is 1. The summed E-state index contributed by atoms with van der Waals surface area (Å²) in [5.41, 5.74) is 12.4. The molecule has 11 nitrogen and oxygen atoms in total. The maximum absolute atomic E-state index is 12.8. The number of nitrogens with zero attached hydrogens (tertiary/aromatic N) is 4. The second kappa shape index (κ2) is 11.9. The van der Waals surface area contributed by atoms with Crippen LogP contribution in [0.4, 0.5) is 4.79 Å². The highest BCUT2D eigenvalue weighted by molar-refractivity contribution is 7.98. The zero-order valence-electron chi connectivity index (χ0n) is 20.5. The fourth-order valence-corrected chi connectivity index (χ4v) is 4.32. The summed E-state index contributed by atoms with van der Waals surface area (Å²) in [5, 5.41) is 11.6. The monoisotopic (exact) mass is 513 g/mol. The molecule has 12 heteroatoms. The minimum absolute atomic E-state index is 0.107. The first-order chi connectivity index (χ1) is 17.1. The molecule has 0 unspecified atom stereocenters. The topological polar surface area (TPSA) is 158 Å². The summed E-state index contributed by atoms with van der Waals surface area (Å²) < 4.78 is 7.12. The second-order valence-electron chi connectivity index (χ2n) is 8.89. The molecular weight excluding hydrogens is 482 g/mol. The number of rotatable bonds is 11. The quantitative estimate of drug-likeness (QED) is 0.349. The molecule has 0 bridgehead atoms. The highest BCUT2D eigenvalue weighted by Gasteiger charge is 2.28. The molecule has 2 aromatic heterocycles. The molecule has 0 spiro atoms. The van der Waals surface area contributed by atoms with Crippen LogP contribution < -0.4 is 16.8 Å². The predicted molar refractivity (Wildman–Crippen MR) is 137 cm³/mol. The van der Waals surface area contributed by atoms with Crippen molar-refractivity contribution in [3.05, 3.63) is 65.6 Å². The molecule has 2 heterocycles. The molecular formula is C24H31N7O4S. The zero-order chi connectivity index (χ0) is 26.3. The summed E-state index contributed by atoms with van der Waals surface area (Å²) >= 11 is 1.64. The van der Waals surface area contributed by atoms with Crippen molar-refractivity contribution in [3.8, 4) is 0 Å². The van der Waals surface area contributed by atoms with E-state index in [2.05, 4.69) is 15.5 Å². The maximum atomic E-state index is 12.8. The zero-order valence-corrected chi connectivity index (χ0v) is 21.3. The van der Waals surface area contributed by atoms with Crippen molar-refractivity contribution in [2.24, 2.45) is 11.5 Å². The maximum Gasteiger partial charge on any atom is 0.410 e. The van der Waals surface area contributed by atoms with Gasteiger partial charge in [0.15, 0.2) is 11.5 Å². The summed E-state index contributed by atoms with van der Waals surface area (Å²) in [5.74, 6) is 0.758. The molecule has 5 N–H and O–H groups in total. The van der Waals surface area contributed by atoms with Gasteiger partial charge in [0.2, 0.25) is 11.8 Å².